The van der Waals surface area contributed by atoms with Gasteiger partial charge >= 0.3 is 35.5 Å². The second-order valence-electron chi connectivity index (χ2n) is 9.72. The summed E-state index contributed by atoms with van der Waals surface area (Å²) in [5, 5.41) is 27.8. The van der Waals surface area contributed by atoms with E-state index in [2.05, 4.69) is 6.07 Å². The Labute approximate surface area is 219 Å². The summed E-state index contributed by atoms with van der Waals surface area (Å²) in [5.74, 6) is 0.0968. The number of esters is 1. The van der Waals surface area contributed by atoms with Crippen molar-refractivity contribution in [2.24, 2.45) is 0 Å². The normalized spacial score (nSPS) is 10.3. The van der Waals surface area contributed by atoms with Gasteiger partial charge in [0.15, 0.2) is 5.75 Å². The molecule has 2 aromatic carbocycles. The molecule has 6 nitrogen and oxygen atoms in total. The monoisotopic (exact) mass is 460 g/mol. The van der Waals surface area contributed by atoms with Crippen LogP contribution in [0.5, 0.6) is 11.5 Å². The maximum absolute atomic E-state index is 11.1. The fourth-order valence-electron chi connectivity index (χ4n) is 3.10. The average molecular weight is 461 g/mol. The first-order valence-corrected chi connectivity index (χ1v) is 10.1. The van der Waals surface area contributed by atoms with E-state index >= 15 is 0 Å². The summed E-state index contributed by atoms with van der Waals surface area (Å²) in [5.41, 5.74) is 4.15. The maximum atomic E-state index is 11.1. The molecule has 0 saturated heterocycles. The minimum atomic E-state index is -0.407. The molecule has 2 rings (SSSR count). The smallest absolute Gasteiger partial charge is 0.870 e. The fourth-order valence-corrected chi connectivity index (χ4v) is 3.10. The first-order chi connectivity index (χ1) is 14.1. The van der Waals surface area contributed by atoms with Crippen molar-refractivity contribution in [3.8, 4) is 23.6 Å². The summed E-state index contributed by atoms with van der Waals surface area (Å²) >= 11 is 0. The van der Waals surface area contributed by atoms with Gasteiger partial charge in [0.2, 0.25) is 0 Å². The van der Waals surface area contributed by atoms with Crippen molar-refractivity contribution >= 4 is 5.97 Å². The van der Waals surface area contributed by atoms with Crippen LogP contribution in [0.3, 0.4) is 0 Å². The Kier molecular flexibility index (Phi) is 12.7. The van der Waals surface area contributed by atoms with Crippen LogP contribution >= 0.6 is 0 Å². The van der Waals surface area contributed by atoms with Gasteiger partial charge in [-0.05, 0) is 47.9 Å². The number of hydrogen-bond donors (Lipinski definition) is 1. The number of carbonyl (C=O) groups is 1. The Bertz CT molecular complexity index is 1070. The van der Waals surface area contributed by atoms with Crippen LogP contribution < -0.4 is 34.3 Å². The standard InChI is InChI=1S/C14H17NO2.C12H15NO.Na.H2O/c1-9-6-11(8-15)13(17-10(2)16)12(7-9)14(3,4)5;1-8-5-9(7-13)11(14)10(6-8)12(2,3)4;;/h6-7H,1-5H3;5-6,14H,1-4H3;;1H2/q;;+1;/p-1. The number of aromatic hydroxyl groups is 1. The molecule has 0 spiro atoms. The van der Waals surface area contributed by atoms with Crippen molar-refractivity contribution < 1.29 is 49.7 Å². The molecule has 0 aliphatic carbocycles. The van der Waals surface area contributed by atoms with Crippen molar-refractivity contribution in [2.75, 3.05) is 0 Å². The summed E-state index contributed by atoms with van der Waals surface area (Å²) in [6.45, 7) is 17.3. The van der Waals surface area contributed by atoms with Gasteiger partial charge in [0.25, 0.3) is 0 Å². The minimum absolute atomic E-state index is 0. The number of hydrogen-bond acceptors (Lipinski definition) is 6. The van der Waals surface area contributed by atoms with E-state index in [0.29, 0.717) is 16.9 Å². The molecule has 2 aromatic rings. The number of aryl methyl sites for hydroxylation is 2. The number of nitrogens with zero attached hydrogens (tertiary/aromatic N) is 2. The van der Waals surface area contributed by atoms with Crippen LogP contribution in [0.25, 0.3) is 0 Å². The first kappa shape index (κ1) is 32.8. The Morgan fingerprint density at radius 3 is 1.61 bits per heavy atom. The van der Waals surface area contributed by atoms with E-state index < -0.39 is 5.97 Å². The zero-order chi connectivity index (χ0) is 24.1. The van der Waals surface area contributed by atoms with Crippen molar-refractivity contribution in [1.82, 2.24) is 0 Å². The third-order valence-corrected chi connectivity index (χ3v) is 4.59. The molecule has 0 heterocycles. The molecular weight excluding hydrogens is 427 g/mol. The van der Waals surface area contributed by atoms with Gasteiger partial charge in [0.05, 0.1) is 11.1 Å². The zero-order valence-electron chi connectivity index (χ0n) is 21.4. The van der Waals surface area contributed by atoms with Crippen molar-refractivity contribution in [1.29, 1.82) is 10.5 Å². The molecule has 0 aromatic heterocycles. The molecule has 0 bridgehead atoms. The maximum Gasteiger partial charge on any atom is 1.00 e. The predicted octanol–water partition coefficient (Wildman–Crippen LogP) is 2.79. The molecule has 0 fully saturated rings. The van der Waals surface area contributed by atoms with Crippen LogP contribution in [0.1, 0.15) is 81.8 Å². The summed E-state index contributed by atoms with van der Waals surface area (Å²) in [7, 11) is 0. The first-order valence-electron chi connectivity index (χ1n) is 10.1. The zero-order valence-corrected chi connectivity index (χ0v) is 23.4. The number of ether oxygens (including phenoxy) is 1. The van der Waals surface area contributed by atoms with E-state index in [9.17, 15) is 9.90 Å². The average Bonchev–Trinajstić information content (AvgIpc) is 2.62. The molecule has 7 heteroatoms. The predicted molar refractivity (Wildman–Crippen MR) is 124 cm³/mol. The Balaban J connectivity index is 0. The van der Waals surface area contributed by atoms with Crippen molar-refractivity contribution in [3.63, 3.8) is 0 Å². The van der Waals surface area contributed by atoms with E-state index in [1.54, 1.807) is 12.1 Å². The van der Waals surface area contributed by atoms with Gasteiger partial charge < -0.3 is 15.3 Å². The molecule has 0 aliphatic rings. The van der Waals surface area contributed by atoms with Gasteiger partial charge in [-0.3, -0.25) is 4.79 Å². The summed E-state index contributed by atoms with van der Waals surface area (Å²) in [6.07, 6.45) is 0. The summed E-state index contributed by atoms with van der Waals surface area (Å²) in [4.78, 5) is 11.1. The molecular formula is C26H33N2NaO4. The van der Waals surface area contributed by atoms with Crippen molar-refractivity contribution in [3.05, 3.63) is 57.6 Å². The molecule has 0 amide bonds. The van der Waals surface area contributed by atoms with Crippen molar-refractivity contribution in [2.45, 2.75) is 73.1 Å². The van der Waals surface area contributed by atoms with E-state index in [-0.39, 0.29) is 51.6 Å². The number of carbonyl (C=O) groups excluding carboxylic acids is 1. The molecule has 0 radical (unpaired) electrons. The number of phenols is 1. The van der Waals surface area contributed by atoms with Gasteiger partial charge in [0.1, 0.15) is 17.9 Å². The van der Waals surface area contributed by atoms with E-state index in [4.69, 9.17) is 15.3 Å². The second kappa shape index (κ2) is 12.8. The van der Waals surface area contributed by atoms with Crippen LogP contribution in [0.2, 0.25) is 0 Å². The number of phenolic OH excluding ortho intramolecular Hbond substituents is 1. The summed E-state index contributed by atoms with van der Waals surface area (Å²) < 4.78 is 5.19. The van der Waals surface area contributed by atoms with E-state index in [1.165, 1.54) is 6.92 Å². The summed E-state index contributed by atoms with van der Waals surface area (Å²) in [6, 6.07) is 11.4. The van der Waals surface area contributed by atoms with Gasteiger partial charge in [-0.25, -0.2) is 0 Å². The quantitative estimate of drug-likeness (QED) is 0.396. The van der Waals surface area contributed by atoms with Gasteiger partial charge in [-0.15, -0.1) is 0 Å². The third kappa shape index (κ3) is 9.20. The Hall–Kier alpha value is -2.35. The molecule has 172 valence electrons. The van der Waals surface area contributed by atoms with Crippen LogP contribution in [0.15, 0.2) is 24.3 Å². The second-order valence-corrected chi connectivity index (χ2v) is 9.72. The topological polar surface area (TPSA) is 124 Å². The molecule has 2 N–H and O–H groups in total. The van der Waals surface area contributed by atoms with Crippen LogP contribution in [0.4, 0.5) is 0 Å². The fraction of sp³-hybridized carbons (Fsp3) is 0.423. The molecule has 33 heavy (non-hydrogen) atoms. The van der Waals surface area contributed by atoms with Gasteiger partial charge in [0, 0.05) is 18.1 Å². The van der Waals surface area contributed by atoms with Crippen LogP contribution in [0, 0.1) is 36.5 Å². The molecule has 0 aliphatic heterocycles. The van der Waals surface area contributed by atoms with Crippen LogP contribution in [-0.4, -0.2) is 16.6 Å². The van der Waals surface area contributed by atoms with E-state index in [1.807, 2.05) is 73.6 Å². The number of rotatable bonds is 1. The number of benzene rings is 2. The van der Waals surface area contributed by atoms with Gasteiger partial charge in [-0.1, -0.05) is 53.7 Å². The van der Waals surface area contributed by atoms with Gasteiger partial charge in [-0.2, -0.15) is 10.5 Å². The Morgan fingerprint density at radius 2 is 1.24 bits per heavy atom. The molecule has 0 unspecified atom stereocenters. The molecule has 0 atom stereocenters. The Morgan fingerprint density at radius 1 is 0.848 bits per heavy atom. The number of nitriles is 2. The minimum Gasteiger partial charge on any atom is -0.870 e. The SMILES string of the molecule is CC(=O)Oc1c(C#N)cc(C)cc1C(C)(C)C.Cc1cc(C#N)c(O)c(C(C)(C)C)c1.[Na+].[OH-]. The molecule has 0 saturated carbocycles. The largest absolute Gasteiger partial charge is 1.00 e. The third-order valence-electron chi connectivity index (χ3n) is 4.59. The van der Waals surface area contributed by atoms with E-state index in [0.717, 1.165) is 22.3 Å². The van der Waals surface area contributed by atoms with Crippen LogP contribution in [-0.2, 0) is 15.6 Å².